The van der Waals surface area contributed by atoms with Crippen molar-refractivity contribution in [3.8, 4) is 11.6 Å². The summed E-state index contributed by atoms with van der Waals surface area (Å²) in [6.45, 7) is 9.04. The fourth-order valence-corrected chi connectivity index (χ4v) is 3.40. The first-order chi connectivity index (χ1) is 13.1. The molecule has 0 bridgehead atoms. The van der Waals surface area contributed by atoms with Gasteiger partial charge in [0.15, 0.2) is 0 Å². The normalized spacial score (nSPS) is 14.5. The Morgan fingerprint density at radius 3 is 2.37 bits per heavy atom. The third-order valence-electron chi connectivity index (χ3n) is 5.02. The highest BCUT2D eigenvalue weighted by atomic mass is 16.5. The topological polar surface area (TPSA) is 58.6 Å². The van der Waals surface area contributed by atoms with E-state index < -0.39 is 0 Å². The highest BCUT2D eigenvalue weighted by Gasteiger charge is 2.26. The quantitative estimate of drug-likeness (QED) is 0.779. The second kappa shape index (κ2) is 8.84. The molecule has 0 N–H and O–H groups in total. The van der Waals surface area contributed by atoms with Gasteiger partial charge in [-0.3, -0.25) is 4.79 Å². The molecule has 2 heterocycles. The van der Waals surface area contributed by atoms with Crippen molar-refractivity contribution in [1.29, 1.82) is 0 Å². The van der Waals surface area contributed by atoms with E-state index >= 15 is 0 Å². The van der Waals surface area contributed by atoms with Gasteiger partial charge < -0.3 is 14.5 Å². The first kappa shape index (κ1) is 19.1. The smallest absolute Gasteiger partial charge is 0.225 e. The molecular weight excluding hydrogens is 340 g/mol. The summed E-state index contributed by atoms with van der Waals surface area (Å²) in [7, 11) is 0. The van der Waals surface area contributed by atoms with Crippen LogP contribution < -0.4 is 9.64 Å². The molecule has 1 aromatic heterocycles. The largest absolute Gasteiger partial charge is 0.439 e. The average molecular weight is 368 g/mol. The number of hydrogen-bond acceptors (Lipinski definition) is 5. The Bertz CT molecular complexity index is 754. The van der Waals surface area contributed by atoms with E-state index in [1.165, 1.54) is 0 Å². The number of para-hydroxylation sites is 1. The van der Waals surface area contributed by atoms with Gasteiger partial charge in [-0.25, -0.2) is 4.98 Å². The van der Waals surface area contributed by atoms with Gasteiger partial charge >= 0.3 is 0 Å². The minimum absolute atomic E-state index is 0.142. The van der Waals surface area contributed by atoms with E-state index in [-0.39, 0.29) is 11.8 Å². The predicted octanol–water partition coefficient (Wildman–Crippen LogP) is 3.66. The number of amides is 1. The van der Waals surface area contributed by atoms with Crippen LogP contribution in [0.2, 0.25) is 0 Å². The molecule has 0 spiro atoms. The van der Waals surface area contributed by atoms with Gasteiger partial charge in [-0.05, 0) is 31.9 Å². The Kier molecular flexibility index (Phi) is 6.27. The summed E-state index contributed by atoms with van der Waals surface area (Å²) in [5.41, 5.74) is 0. The fraction of sp³-hybridized carbons (Fsp3) is 0.476. The lowest BCUT2D eigenvalue weighted by atomic mass is 10.0. The molecule has 6 heteroatoms. The molecule has 1 amide bonds. The second-order valence-electron chi connectivity index (χ2n) is 6.85. The van der Waals surface area contributed by atoms with Crippen molar-refractivity contribution in [1.82, 2.24) is 14.9 Å². The molecule has 1 fully saturated rings. The van der Waals surface area contributed by atoms with E-state index in [0.29, 0.717) is 11.7 Å². The van der Waals surface area contributed by atoms with E-state index in [9.17, 15) is 4.79 Å². The van der Waals surface area contributed by atoms with E-state index in [2.05, 4.69) is 28.7 Å². The summed E-state index contributed by atoms with van der Waals surface area (Å²) in [4.78, 5) is 25.7. The molecule has 2 aromatic rings. The Hall–Kier alpha value is -2.63. The lowest BCUT2D eigenvalue weighted by Gasteiger charge is -2.37. The van der Waals surface area contributed by atoms with Gasteiger partial charge in [0.05, 0.1) is 0 Å². The van der Waals surface area contributed by atoms with Gasteiger partial charge in [-0.2, -0.15) is 4.98 Å². The van der Waals surface area contributed by atoms with Gasteiger partial charge in [0.1, 0.15) is 17.4 Å². The number of carbonyl (C=O) groups is 1. The summed E-state index contributed by atoms with van der Waals surface area (Å²) in [5.74, 6) is 3.24. The van der Waals surface area contributed by atoms with Crippen molar-refractivity contribution in [2.75, 3.05) is 31.1 Å². The average Bonchev–Trinajstić information content (AvgIpc) is 2.69. The minimum Gasteiger partial charge on any atom is -0.439 e. The third kappa shape index (κ3) is 4.76. The first-order valence-corrected chi connectivity index (χ1v) is 9.73. The Morgan fingerprint density at radius 2 is 1.74 bits per heavy atom. The number of aromatic nitrogens is 2. The van der Waals surface area contributed by atoms with E-state index in [1.54, 1.807) is 0 Å². The Morgan fingerprint density at radius 1 is 1.07 bits per heavy atom. The highest BCUT2D eigenvalue weighted by molar-refractivity contribution is 5.79. The van der Waals surface area contributed by atoms with Gasteiger partial charge in [-0.1, -0.05) is 32.0 Å². The van der Waals surface area contributed by atoms with Crippen LogP contribution in [0.3, 0.4) is 0 Å². The van der Waals surface area contributed by atoms with E-state index in [0.717, 1.165) is 50.6 Å². The molecule has 6 nitrogen and oxygen atoms in total. The molecule has 0 aliphatic carbocycles. The van der Waals surface area contributed by atoms with Gasteiger partial charge in [-0.15, -0.1) is 0 Å². The standard InChI is InChI=1S/C21H28N4O2/c1-4-17(5-2)21(26)25-13-11-24(12-14-25)19-15-20(23-16(3)22-19)27-18-9-7-6-8-10-18/h6-10,15,17H,4-5,11-14H2,1-3H3. The molecule has 1 aliphatic heterocycles. The van der Waals surface area contributed by atoms with Crippen LogP contribution in [0.5, 0.6) is 11.6 Å². The van der Waals surface area contributed by atoms with Crippen LogP contribution >= 0.6 is 0 Å². The van der Waals surface area contributed by atoms with Crippen LogP contribution in [0.15, 0.2) is 36.4 Å². The lowest BCUT2D eigenvalue weighted by Crippen LogP contribution is -2.50. The van der Waals surface area contributed by atoms with Gasteiger partial charge in [0, 0.05) is 38.2 Å². The summed E-state index contributed by atoms with van der Waals surface area (Å²) in [6, 6.07) is 11.5. The zero-order valence-corrected chi connectivity index (χ0v) is 16.4. The fourth-order valence-electron chi connectivity index (χ4n) is 3.40. The first-order valence-electron chi connectivity index (χ1n) is 9.73. The van der Waals surface area contributed by atoms with Crippen molar-refractivity contribution in [2.24, 2.45) is 5.92 Å². The molecular formula is C21H28N4O2. The van der Waals surface area contributed by atoms with Crippen molar-refractivity contribution in [3.05, 3.63) is 42.2 Å². The maximum absolute atomic E-state index is 12.6. The number of anilines is 1. The number of piperazine rings is 1. The summed E-state index contributed by atoms with van der Waals surface area (Å²) >= 11 is 0. The second-order valence-corrected chi connectivity index (χ2v) is 6.85. The molecule has 3 rings (SSSR count). The van der Waals surface area contributed by atoms with Gasteiger partial charge in [0.25, 0.3) is 0 Å². The number of ether oxygens (including phenoxy) is 1. The molecule has 0 saturated carbocycles. The number of carbonyl (C=O) groups excluding carboxylic acids is 1. The van der Waals surface area contributed by atoms with Crippen molar-refractivity contribution in [3.63, 3.8) is 0 Å². The van der Waals surface area contributed by atoms with E-state index in [4.69, 9.17) is 4.74 Å². The van der Waals surface area contributed by atoms with Gasteiger partial charge in [0.2, 0.25) is 11.8 Å². The zero-order valence-electron chi connectivity index (χ0n) is 16.4. The molecule has 0 radical (unpaired) electrons. The van der Waals surface area contributed by atoms with Crippen molar-refractivity contribution in [2.45, 2.75) is 33.6 Å². The van der Waals surface area contributed by atoms with Crippen LogP contribution in [0.4, 0.5) is 5.82 Å². The SMILES string of the molecule is CCC(CC)C(=O)N1CCN(c2cc(Oc3ccccc3)nc(C)n2)CC1. The lowest BCUT2D eigenvalue weighted by molar-refractivity contribution is -0.136. The third-order valence-corrected chi connectivity index (χ3v) is 5.02. The predicted molar refractivity (Wildman–Crippen MR) is 106 cm³/mol. The number of benzene rings is 1. The van der Waals surface area contributed by atoms with Crippen LogP contribution in [-0.2, 0) is 4.79 Å². The van der Waals surface area contributed by atoms with Crippen molar-refractivity contribution < 1.29 is 9.53 Å². The molecule has 1 saturated heterocycles. The zero-order chi connectivity index (χ0) is 19.2. The number of rotatable bonds is 6. The maximum Gasteiger partial charge on any atom is 0.225 e. The summed E-state index contributed by atoms with van der Waals surface area (Å²) in [5, 5.41) is 0. The molecule has 144 valence electrons. The highest BCUT2D eigenvalue weighted by Crippen LogP contribution is 2.24. The summed E-state index contributed by atoms with van der Waals surface area (Å²) < 4.78 is 5.87. The monoisotopic (exact) mass is 368 g/mol. The minimum atomic E-state index is 0.142. The molecule has 27 heavy (non-hydrogen) atoms. The van der Waals surface area contributed by atoms with Crippen LogP contribution in [0.1, 0.15) is 32.5 Å². The summed E-state index contributed by atoms with van der Waals surface area (Å²) in [6.07, 6.45) is 1.81. The van der Waals surface area contributed by atoms with Crippen LogP contribution in [-0.4, -0.2) is 47.0 Å². The van der Waals surface area contributed by atoms with Crippen molar-refractivity contribution >= 4 is 11.7 Å². The Balaban J connectivity index is 1.66. The van der Waals surface area contributed by atoms with Crippen LogP contribution in [0.25, 0.3) is 0 Å². The molecule has 0 atom stereocenters. The molecule has 1 aliphatic rings. The number of nitrogens with zero attached hydrogens (tertiary/aromatic N) is 4. The van der Waals surface area contributed by atoms with E-state index in [1.807, 2.05) is 48.2 Å². The number of aryl methyl sites for hydroxylation is 1. The van der Waals surface area contributed by atoms with Crippen LogP contribution in [0, 0.1) is 12.8 Å². The Labute approximate surface area is 161 Å². The molecule has 0 unspecified atom stereocenters. The molecule has 1 aromatic carbocycles. The maximum atomic E-state index is 12.6. The number of hydrogen-bond donors (Lipinski definition) is 0.